The molecule has 1 aromatic carbocycles. The molecule has 0 aliphatic heterocycles. The fraction of sp³-hybridized carbons (Fsp3) is 0.231. The van der Waals surface area contributed by atoms with E-state index in [2.05, 4.69) is 16.6 Å². The number of carbonyl (C=O) groups excluding carboxylic acids is 2. The number of non-ortho nitro benzene ring substituents is 1. The van der Waals surface area contributed by atoms with Crippen LogP contribution in [0.1, 0.15) is 29.3 Å². The molecule has 0 fully saturated rings. The lowest BCUT2D eigenvalue weighted by Crippen LogP contribution is -2.11. The van der Waals surface area contributed by atoms with Crippen LogP contribution in [0.2, 0.25) is 0 Å². The fourth-order valence-corrected chi connectivity index (χ4v) is 1.36. The van der Waals surface area contributed by atoms with Gasteiger partial charge in [-0.15, -0.1) is 0 Å². The molecule has 0 radical (unpaired) electrons. The van der Waals surface area contributed by atoms with E-state index in [9.17, 15) is 19.7 Å². The Bertz CT molecular complexity index is 581. The zero-order valence-corrected chi connectivity index (χ0v) is 10.7. The largest absolute Gasteiger partial charge is 0.465 e. The van der Waals surface area contributed by atoms with Crippen molar-refractivity contribution >= 4 is 17.6 Å². The Morgan fingerprint density at radius 3 is 2.65 bits per heavy atom. The van der Waals surface area contributed by atoms with Crippen LogP contribution in [0.4, 0.5) is 5.69 Å². The third kappa shape index (κ3) is 4.42. The Morgan fingerprint density at radius 1 is 1.40 bits per heavy atom. The summed E-state index contributed by atoms with van der Waals surface area (Å²) in [4.78, 5) is 32.2. The smallest absolute Gasteiger partial charge is 0.317 e. The summed E-state index contributed by atoms with van der Waals surface area (Å²) in [5.74, 6) is 3.81. The second kappa shape index (κ2) is 6.89. The second-order valence-electron chi connectivity index (χ2n) is 3.67. The zero-order valence-electron chi connectivity index (χ0n) is 10.7. The molecule has 0 aliphatic rings. The van der Waals surface area contributed by atoms with Crippen LogP contribution in [-0.2, 0) is 9.53 Å². The van der Waals surface area contributed by atoms with Gasteiger partial charge in [-0.2, -0.15) is 0 Å². The maximum absolute atomic E-state index is 11.1. The van der Waals surface area contributed by atoms with Gasteiger partial charge in [0.25, 0.3) is 5.69 Å². The lowest BCUT2D eigenvalue weighted by atomic mass is 10.1. The van der Waals surface area contributed by atoms with Crippen molar-refractivity contribution in [3.63, 3.8) is 0 Å². The van der Waals surface area contributed by atoms with E-state index in [1.807, 2.05) is 0 Å². The number of nitro benzene ring substituents is 1. The molecule has 7 heteroatoms. The van der Waals surface area contributed by atoms with Crippen LogP contribution < -0.4 is 5.73 Å². The molecule has 0 aliphatic carbocycles. The van der Waals surface area contributed by atoms with E-state index in [-0.39, 0.29) is 29.8 Å². The van der Waals surface area contributed by atoms with Gasteiger partial charge in [0, 0.05) is 23.3 Å². The third-order valence-corrected chi connectivity index (χ3v) is 2.18. The predicted molar refractivity (Wildman–Crippen MR) is 69.7 cm³/mol. The van der Waals surface area contributed by atoms with E-state index in [1.165, 1.54) is 12.1 Å². The molecule has 1 rings (SSSR count). The maximum Gasteiger partial charge on any atom is 0.317 e. The van der Waals surface area contributed by atoms with Gasteiger partial charge in [0.05, 0.1) is 11.5 Å². The van der Waals surface area contributed by atoms with Crippen LogP contribution >= 0.6 is 0 Å². The first-order chi connectivity index (χ1) is 9.43. The summed E-state index contributed by atoms with van der Waals surface area (Å²) in [5, 5.41) is 10.7. The van der Waals surface area contributed by atoms with Crippen molar-refractivity contribution in [2.75, 3.05) is 6.61 Å². The SMILES string of the molecule is CCOC(=O)CC#Cc1cc(C(N)=O)cc([N+](=O)[O-])c1. The number of nitrogens with zero attached hydrogens (tertiary/aromatic N) is 1. The highest BCUT2D eigenvalue weighted by molar-refractivity contribution is 5.93. The van der Waals surface area contributed by atoms with Crippen LogP contribution in [0, 0.1) is 22.0 Å². The Hall–Kier alpha value is -2.88. The van der Waals surface area contributed by atoms with E-state index in [0.29, 0.717) is 0 Å². The molecule has 0 saturated heterocycles. The first-order valence-electron chi connectivity index (χ1n) is 5.67. The molecule has 0 spiro atoms. The average molecular weight is 276 g/mol. The second-order valence-corrected chi connectivity index (χ2v) is 3.67. The minimum Gasteiger partial charge on any atom is -0.465 e. The number of primary amides is 1. The van der Waals surface area contributed by atoms with Gasteiger partial charge in [-0.3, -0.25) is 19.7 Å². The predicted octanol–water partition coefficient (Wildman–Crippen LogP) is 0.998. The summed E-state index contributed by atoms with van der Waals surface area (Å²) in [6.45, 7) is 1.92. The molecule has 7 nitrogen and oxygen atoms in total. The summed E-state index contributed by atoms with van der Waals surface area (Å²) in [6, 6.07) is 3.59. The van der Waals surface area contributed by atoms with Gasteiger partial charge < -0.3 is 10.5 Å². The average Bonchev–Trinajstić information content (AvgIpc) is 2.38. The highest BCUT2D eigenvalue weighted by Crippen LogP contribution is 2.16. The monoisotopic (exact) mass is 276 g/mol. The number of hydrogen-bond donors (Lipinski definition) is 1. The molecule has 0 unspecified atom stereocenters. The van der Waals surface area contributed by atoms with Crippen molar-refractivity contribution in [3.8, 4) is 11.8 Å². The van der Waals surface area contributed by atoms with Gasteiger partial charge in [0.1, 0.15) is 6.42 Å². The Morgan fingerprint density at radius 2 is 2.10 bits per heavy atom. The summed E-state index contributed by atoms with van der Waals surface area (Å²) in [5.41, 5.74) is 5.01. The van der Waals surface area contributed by atoms with Crippen molar-refractivity contribution in [1.82, 2.24) is 0 Å². The molecule has 0 saturated carbocycles. The number of rotatable bonds is 4. The molecular formula is C13H12N2O5. The minimum absolute atomic E-state index is 0.0142. The molecule has 0 bridgehead atoms. The molecule has 104 valence electrons. The van der Waals surface area contributed by atoms with Crippen molar-refractivity contribution in [2.45, 2.75) is 13.3 Å². The Balaban J connectivity index is 3.00. The molecule has 1 aromatic rings. The number of hydrogen-bond acceptors (Lipinski definition) is 5. The van der Waals surface area contributed by atoms with Gasteiger partial charge in [0.2, 0.25) is 5.91 Å². The van der Waals surface area contributed by atoms with Gasteiger partial charge >= 0.3 is 5.97 Å². The number of ether oxygens (including phenoxy) is 1. The minimum atomic E-state index is -0.790. The number of carbonyl (C=O) groups is 2. The van der Waals surface area contributed by atoms with Crippen molar-refractivity contribution < 1.29 is 19.2 Å². The van der Waals surface area contributed by atoms with E-state index in [1.54, 1.807) is 6.92 Å². The normalized spacial score (nSPS) is 9.25. The highest BCUT2D eigenvalue weighted by Gasteiger charge is 2.11. The van der Waals surface area contributed by atoms with Gasteiger partial charge in [0.15, 0.2) is 0 Å². The number of esters is 1. The summed E-state index contributed by atoms with van der Waals surface area (Å²) in [7, 11) is 0. The number of benzene rings is 1. The lowest BCUT2D eigenvalue weighted by molar-refractivity contribution is -0.384. The van der Waals surface area contributed by atoms with E-state index in [4.69, 9.17) is 5.73 Å². The number of nitrogens with two attached hydrogens (primary N) is 1. The first-order valence-corrected chi connectivity index (χ1v) is 5.67. The molecule has 0 heterocycles. The van der Waals surface area contributed by atoms with Gasteiger partial charge in [-0.1, -0.05) is 11.8 Å². The quantitative estimate of drug-likeness (QED) is 0.381. The van der Waals surface area contributed by atoms with Crippen LogP contribution in [0.5, 0.6) is 0 Å². The topological polar surface area (TPSA) is 113 Å². The van der Waals surface area contributed by atoms with E-state index in [0.717, 1.165) is 6.07 Å². The summed E-state index contributed by atoms with van der Waals surface area (Å²) >= 11 is 0. The molecule has 0 atom stereocenters. The van der Waals surface area contributed by atoms with Crippen LogP contribution in [0.15, 0.2) is 18.2 Å². The molecule has 1 amide bonds. The summed E-state index contributed by atoms with van der Waals surface area (Å²) in [6.07, 6.45) is -0.136. The number of nitro groups is 1. The van der Waals surface area contributed by atoms with E-state index < -0.39 is 16.8 Å². The van der Waals surface area contributed by atoms with Crippen molar-refractivity contribution in [3.05, 3.63) is 39.4 Å². The number of amides is 1. The Labute approximate surface area is 114 Å². The van der Waals surface area contributed by atoms with Gasteiger partial charge in [-0.25, -0.2) is 0 Å². The highest BCUT2D eigenvalue weighted by atomic mass is 16.6. The van der Waals surface area contributed by atoms with Gasteiger partial charge in [-0.05, 0) is 13.0 Å². The summed E-state index contributed by atoms with van der Waals surface area (Å²) < 4.78 is 4.68. The van der Waals surface area contributed by atoms with Crippen LogP contribution in [0.25, 0.3) is 0 Å². The maximum atomic E-state index is 11.1. The molecule has 0 aromatic heterocycles. The van der Waals surface area contributed by atoms with E-state index >= 15 is 0 Å². The first kappa shape index (κ1) is 15.2. The zero-order chi connectivity index (χ0) is 15.1. The molecular weight excluding hydrogens is 264 g/mol. The van der Waals surface area contributed by atoms with Crippen molar-refractivity contribution in [1.29, 1.82) is 0 Å². The third-order valence-electron chi connectivity index (χ3n) is 2.18. The molecule has 2 N–H and O–H groups in total. The van der Waals surface area contributed by atoms with Crippen molar-refractivity contribution in [2.24, 2.45) is 5.73 Å². The fourth-order valence-electron chi connectivity index (χ4n) is 1.36. The standard InChI is InChI=1S/C13H12N2O5/c1-2-20-12(16)5-3-4-9-6-10(13(14)17)8-11(7-9)15(18)19/h6-8H,2,5H2,1H3,(H2,14,17). The van der Waals surface area contributed by atoms with Crippen LogP contribution in [-0.4, -0.2) is 23.4 Å². The Kier molecular flexibility index (Phi) is 5.23. The lowest BCUT2D eigenvalue weighted by Gasteiger charge is -1.98. The van der Waals surface area contributed by atoms with Crippen LogP contribution in [0.3, 0.4) is 0 Å². The molecule has 20 heavy (non-hydrogen) atoms.